The number of hydrogen-bond acceptors (Lipinski definition) is 4. The normalized spacial score (nSPS) is 11.4. The van der Waals surface area contributed by atoms with Crippen molar-refractivity contribution < 1.29 is 17.9 Å². The Hall–Kier alpha value is -3.42. The van der Waals surface area contributed by atoms with Gasteiger partial charge in [0.15, 0.2) is 5.65 Å². The van der Waals surface area contributed by atoms with Crippen molar-refractivity contribution in [3.63, 3.8) is 0 Å². The first-order valence-electron chi connectivity index (χ1n) is 9.37. The molecule has 1 aromatic carbocycles. The van der Waals surface area contributed by atoms with E-state index in [2.05, 4.69) is 15.2 Å². The van der Waals surface area contributed by atoms with Crippen molar-refractivity contribution in [1.29, 1.82) is 0 Å². The fourth-order valence-corrected chi connectivity index (χ4v) is 3.59. The maximum atomic E-state index is 14.2. The van der Waals surface area contributed by atoms with Crippen LogP contribution in [0, 0.1) is 12.7 Å². The molecule has 3 heterocycles. The summed E-state index contributed by atoms with van der Waals surface area (Å²) in [6, 6.07) is 9.63. The summed E-state index contributed by atoms with van der Waals surface area (Å²) in [6.07, 6.45) is 1.20. The monoisotopic (exact) mass is 412 g/mol. The van der Waals surface area contributed by atoms with Gasteiger partial charge >= 0.3 is 0 Å². The Morgan fingerprint density at radius 3 is 2.70 bits per heavy atom. The van der Waals surface area contributed by atoms with Crippen LogP contribution in [0.5, 0.6) is 5.75 Å². The van der Waals surface area contributed by atoms with Crippen LogP contribution >= 0.6 is 0 Å². The number of methoxy groups -OCH3 is 1. The van der Waals surface area contributed by atoms with Crippen LogP contribution in [-0.4, -0.2) is 26.7 Å². The molecular formula is C22H19F3N4O. The number of aromatic nitrogens is 4. The van der Waals surface area contributed by atoms with Gasteiger partial charge in [0, 0.05) is 39.8 Å². The highest BCUT2D eigenvalue weighted by Gasteiger charge is 2.19. The van der Waals surface area contributed by atoms with Gasteiger partial charge < -0.3 is 4.74 Å². The van der Waals surface area contributed by atoms with Crippen molar-refractivity contribution in [1.82, 2.24) is 19.6 Å². The Labute approximate surface area is 171 Å². The van der Waals surface area contributed by atoms with E-state index < -0.39 is 6.43 Å². The molecule has 0 bridgehead atoms. The first-order chi connectivity index (χ1) is 14.5. The van der Waals surface area contributed by atoms with Crippen LogP contribution < -0.4 is 4.74 Å². The summed E-state index contributed by atoms with van der Waals surface area (Å²) in [4.78, 5) is 4.17. The molecule has 4 rings (SSSR count). The number of ether oxygens (including phenoxy) is 1. The molecule has 5 nitrogen and oxygen atoms in total. The third-order valence-electron chi connectivity index (χ3n) is 5.07. The highest BCUT2D eigenvalue weighted by molar-refractivity contribution is 5.79. The smallest absolute Gasteiger partial charge is 0.264 e. The summed E-state index contributed by atoms with van der Waals surface area (Å²) in [6.45, 7) is 1.67. The Kier molecular flexibility index (Phi) is 5.39. The lowest BCUT2D eigenvalue weighted by atomic mass is 10.0. The van der Waals surface area contributed by atoms with Crippen molar-refractivity contribution in [2.24, 2.45) is 0 Å². The van der Waals surface area contributed by atoms with E-state index in [9.17, 15) is 13.2 Å². The molecule has 0 N–H and O–H groups in total. The molecule has 0 radical (unpaired) electrons. The highest BCUT2D eigenvalue weighted by atomic mass is 19.3. The Balaban J connectivity index is 1.73. The van der Waals surface area contributed by atoms with Crippen LogP contribution in [0.1, 0.15) is 28.9 Å². The highest BCUT2D eigenvalue weighted by Crippen LogP contribution is 2.33. The molecule has 0 aliphatic heterocycles. The van der Waals surface area contributed by atoms with E-state index in [0.29, 0.717) is 46.6 Å². The largest absolute Gasteiger partial charge is 0.496 e. The summed E-state index contributed by atoms with van der Waals surface area (Å²) in [5.41, 5.74) is 2.99. The molecule has 0 unspecified atom stereocenters. The van der Waals surface area contributed by atoms with Crippen LogP contribution in [0.15, 0.2) is 48.9 Å². The number of fused-ring (bicyclic) bond motifs is 1. The molecule has 0 saturated heterocycles. The zero-order valence-corrected chi connectivity index (χ0v) is 16.4. The van der Waals surface area contributed by atoms with Crippen LogP contribution in [0.3, 0.4) is 0 Å². The molecule has 3 aromatic heterocycles. The molecule has 0 spiro atoms. The third kappa shape index (κ3) is 3.60. The third-order valence-corrected chi connectivity index (χ3v) is 5.07. The Morgan fingerprint density at radius 1 is 1.10 bits per heavy atom. The number of rotatable bonds is 6. The molecule has 154 valence electrons. The Morgan fingerprint density at radius 2 is 1.93 bits per heavy atom. The van der Waals surface area contributed by atoms with Gasteiger partial charge in [-0.3, -0.25) is 9.38 Å². The van der Waals surface area contributed by atoms with Crippen LogP contribution in [-0.2, 0) is 12.8 Å². The van der Waals surface area contributed by atoms with Gasteiger partial charge in [-0.25, -0.2) is 13.2 Å². The summed E-state index contributed by atoms with van der Waals surface area (Å²) in [7, 11) is 1.50. The van der Waals surface area contributed by atoms with Gasteiger partial charge in [0.1, 0.15) is 17.9 Å². The standard InChI is InChI=1S/C22H19F3N4O/c1-13-10-17(21(24)25)18(11-26-13)15-8-6-14(29-12-27-28-22(15)29)7-9-16-19(23)4-3-5-20(16)30-2/h3-6,8,10-12,21H,7,9H2,1-2H3. The zero-order chi connectivity index (χ0) is 21.3. The minimum Gasteiger partial charge on any atom is -0.496 e. The number of hydrogen-bond donors (Lipinski definition) is 0. The quantitative estimate of drug-likeness (QED) is 0.449. The molecule has 0 aliphatic carbocycles. The molecular weight excluding hydrogens is 393 g/mol. The van der Waals surface area contributed by atoms with Crippen molar-refractivity contribution in [3.05, 3.63) is 77.3 Å². The lowest BCUT2D eigenvalue weighted by molar-refractivity contribution is 0.152. The van der Waals surface area contributed by atoms with Gasteiger partial charge in [-0.2, -0.15) is 0 Å². The van der Waals surface area contributed by atoms with Gasteiger partial charge in [0.25, 0.3) is 6.43 Å². The topological polar surface area (TPSA) is 52.3 Å². The summed E-state index contributed by atoms with van der Waals surface area (Å²) < 4.78 is 48.4. The Bertz CT molecular complexity index is 1210. The molecule has 30 heavy (non-hydrogen) atoms. The van der Waals surface area contributed by atoms with E-state index in [1.54, 1.807) is 29.5 Å². The maximum Gasteiger partial charge on any atom is 0.264 e. The van der Waals surface area contributed by atoms with E-state index in [-0.39, 0.29) is 11.4 Å². The van der Waals surface area contributed by atoms with E-state index in [0.717, 1.165) is 5.69 Å². The second-order valence-corrected chi connectivity index (χ2v) is 6.90. The van der Waals surface area contributed by atoms with E-state index in [1.165, 1.54) is 31.8 Å². The number of pyridine rings is 2. The van der Waals surface area contributed by atoms with Gasteiger partial charge in [0.2, 0.25) is 0 Å². The lowest BCUT2D eigenvalue weighted by Crippen LogP contribution is -2.04. The molecule has 0 amide bonds. The minimum atomic E-state index is -2.64. The molecule has 0 atom stereocenters. The molecule has 0 fully saturated rings. The SMILES string of the molecule is COc1cccc(F)c1CCc1ccc(-c2cnc(C)cc2C(F)F)c2nncn12. The average Bonchev–Trinajstić information content (AvgIpc) is 3.23. The van der Waals surface area contributed by atoms with E-state index in [1.807, 2.05) is 6.07 Å². The molecule has 0 aliphatic rings. The van der Waals surface area contributed by atoms with Crippen LogP contribution in [0.25, 0.3) is 16.8 Å². The van der Waals surface area contributed by atoms with Crippen molar-refractivity contribution in [2.45, 2.75) is 26.2 Å². The summed E-state index contributed by atoms with van der Waals surface area (Å²) in [5.74, 6) is 0.150. The van der Waals surface area contributed by atoms with Crippen LogP contribution in [0.2, 0.25) is 0 Å². The van der Waals surface area contributed by atoms with Gasteiger partial charge in [-0.1, -0.05) is 6.07 Å². The number of benzene rings is 1. The van der Waals surface area contributed by atoms with Crippen molar-refractivity contribution in [2.75, 3.05) is 7.11 Å². The second-order valence-electron chi connectivity index (χ2n) is 6.90. The minimum absolute atomic E-state index is 0.101. The average molecular weight is 412 g/mol. The maximum absolute atomic E-state index is 14.2. The number of halogens is 3. The van der Waals surface area contributed by atoms with Crippen molar-refractivity contribution in [3.8, 4) is 16.9 Å². The lowest BCUT2D eigenvalue weighted by Gasteiger charge is -2.13. The number of nitrogens with zero attached hydrogens (tertiary/aromatic N) is 4. The molecule has 4 aromatic rings. The molecule has 8 heteroatoms. The predicted molar refractivity (Wildman–Crippen MR) is 106 cm³/mol. The fraction of sp³-hybridized carbons (Fsp3) is 0.227. The number of aryl methyl sites for hydroxylation is 2. The predicted octanol–water partition coefficient (Wildman–Crippen LogP) is 4.97. The van der Waals surface area contributed by atoms with Crippen molar-refractivity contribution >= 4 is 5.65 Å². The fourth-order valence-electron chi connectivity index (χ4n) is 3.59. The summed E-state index contributed by atoms with van der Waals surface area (Å²) in [5, 5.41) is 8.08. The van der Waals surface area contributed by atoms with Gasteiger partial charge in [0.05, 0.1) is 7.11 Å². The second kappa shape index (κ2) is 8.14. The van der Waals surface area contributed by atoms with Gasteiger partial charge in [-0.15, -0.1) is 10.2 Å². The number of alkyl halides is 2. The first kappa shape index (κ1) is 19.9. The summed E-state index contributed by atoms with van der Waals surface area (Å²) >= 11 is 0. The zero-order valence-electron chi connectivity index (χ0n) is 16.4. The molecule has 0 saturated carbocycles. The van der Waals surface area contributed by atoms with Crippen LogP contribution in [0.4, 0.5) is 13.2 Å². The van der Waals surface area contributed by atoms with E-state index in [4.69, 9.17) is 4.74 Å². The van der Waals surface area contributed by atoms with E-state index >= 15 is 0 Å². The van der Waals surface area contributed by atoms with Gasteiger partial charge in [-0.05, 0) is 50.1 Å². The first-order valence-corrected chi connectivity index (χ1v) is 9.37.